The molecule has 0 aliphatic carbocycles. The number of carbonyl (C=O) groups excluding carboxylic acids is 1. The highest BCUT2D eigenvalue weighted by Gasteiger charge is 2.28. The Morgan fingerprint density at radius 1 is 1.40 bits per heavy atom. The number of urea groups is 1. The minimum absolute atomic E-state index is 0.00310. The number of carbonyl (C=O) groups is 1. The quantitative estimate of drug-likeness (QED) is 0.861. The van der Waals surface area contributed by atoms with Crippen LogP contribution in [-0.2, 0) is 4.74 Å². The molecule has 1 saturated heterocycles. The molecule has 4 heteroatoms. The number of ether oxygens (including phenoxy) is 1. The molecule has 0 radical (unpaired) electrons. The van der Waals surface area contributed by atoms with Crippen molar-refractivity contribution in [3.05, 3.63) is 47.5 Å². The second kappa shape index (κ2) is 7.10. The van der Waals surface area contributed by atoms with Gasteiger partial charge in [0.2, 0.25) is 0 Å². The molecule has 1 N–H and O–H groups in total. The van der Waals surface area contributed by atoms with Crippen LogP contribution >= 0.6 is 0 Å². The lowest BCUT2D eigenvalue weighted by Crippen LogP contribution is -2.48. The van der Waals surface area contributed by atoms with E-state index in [0.29, 0.717) is 26.3 Å². The minimum atomic E-state index is -0.0281. The Balaban J connectivity index is 2.03. The highest BCUT2D eigenvalue weighted by molar-refractivity contribution is 5.75. The van der Waals surface area contributed by atoms with E-state index in [1.165, 1.54) is 5.57 Å². The maximum Gasteiger partial charge on any atom is 0.318 e. The van der Waals surface area contributed by atoms with Crippen molar-refractivity contribution in [3.8, 4) is 0 Å². The van der Waals surface area contributed by atoms with Gasteiger partial charge in [-0.05, 0) is 19.4 Å². The van der Waals surface area contributed by atoms with E-state index in [2.05, 4.69) is 5.32 Å². The molecule has 2 rings (SSSR count). The number of hydrogen-bond acceptors (Lipinski definition) is 2. The van der Waals surface area contributed by atoms with Gasteiger partial charge >= 0.3 is 6.03 Å². The van der Waals surface area contributed by atoms with Crippen molar-refractivity contribution in [1.29, 1.82) is 0 Å². The molecule has 0 saturated carbocycles. The standard InChI is InChI=1S/C16H22N2O2/c1-13(2)8-9-17-16(19)18-10-11-20-12-15(18)14-6-4-3-5-7-14/h3-8,15H,9-12H2,1-2H3,(H,17,19). The van der Waals surface area contributed by atoms with Crippen LogP contribution in [0.4, 0.5) is 4.79 Å². The fourth-order valence-electron chi connectivity index (χ4n) is 2.24. The molecule has 1 aliphatic heterocycles. The third-order valence-corrected chi connectivity index (χ3v) is 3.34. The van der Waals surface area contributed by atoms with E-state index < -0.39 is 0 Å². The number of hydrogen-bond donors (Lipinski definition) is 1. The van der Waals surface area contributed by atoms with Crippen molar-refractivity contribution in [1.82, 2.24) is 10.2 Å². The molecule has 0 spiro atoms. The smallest absolute Gasteiger partial charge is 0.318 e. The number of allylic oxidation sites excluding steroid dienone is 1. The largest absolute Gasteiger partial charge is 0.377 e. The topological polar surface area (TPSA) is 41.6 Å². The molecule has 20 heavy (non-hydrogen) atoms. The summed E-state index contributed by atoms with van der Waals surface area (Å²) in [6, 6.07) is 10.0. The molecule has 1 aliphatic rings. The first-order valence-corrected chi connectivity index (χ1v) is 6.99. The van der Waals surface area contributed by atoms with Crippen LogP contribution < -0.4 is 5.32 Å². The average molecular weight is 274 g/mol. The third kappa shape index (κ3) is 3.84. The number of amides is 2. The Kier molecular flexibility index (Phi) is 5.18. The summed E-state index contributed by atoms with van der Waals surface area (Å²) in [6.07, 6.45) is 2.01. The van der Waals surface area contributed by atoms with Gasteiger partial charge in [0.05, 0.1) is 19.3 Å². The number of nitrogens with one attached hydrogen (secondary N) is 1. The fourth-order valence-corrected chi connectivity index (χ4v) is 2.24. The number of rotatable bonds is 3. The highest BCUT2D eigenvalue weighted by atomic mass is 16.5. The number of benzene rings is 1. The molecule has 0 aromatic heterocycles. The molecular formula is C16H22N2O2. The molecule has 1 heterocycles. The molecule has 108 valence electrons. The maximum atomic E-state index is 12.3. The Bertz CT molecular complexity index is 467. The van der Waals surface area contributed by atoms with Crippen molar-refractivity contribution in [3.63, 3.8) is 0 Å². The lowest BCUT2D eigenvalue weighted by atomic mass is 10.1. The van der Waals surface area contributed by atoms with Crippen molar-refractivity contribution in [2.45, 2.75) is 19.9 Å². The van der Waals surface area contributed by atoms with Crippen LogP contribution in [-0.4, -0.2) is 37.2 Å². The second-order valence-corrected chi connectivity index (χ2v) is 5.16. The van der Waals surface area contributed by atoms with Crippen LogP contribution in [0.15, 0.2) is 42.0 Å². The Morgan fingerprint density at radius 2 is 2.15 bits per heavy atom. The van der Waals surface area contributed by atoms with Crippen LogP contribution in [0.2, 0.25) is 0 Å². The summed E-state index contributed by atoms with van der Waals surface area (Å²) in [5.74, 6) is 0. The van der Waals surface area contributed by atoms with Gasteiger partial charge < -0.3 is 15.0 Å². The summed E-state index contributed by atoms with van der Waals surface area (Å²) in [6.45, 7) is 6.39. The molecule has 0 bridgehead atoms. The zero-order valence-electron chi connectivity index (χ0n) is 12.1. The predicted octanol–water partition coefficient (Wildman–Crippen LogP) is 2.74. The van der Waals surface area contributed by atoms with Crippen molar-refractivity contribution < 1.29 is 9.53 Å². The molecule has 1 unspecified atom stereocenters. The molecular weight excluding hydrogens is 252 g/mol. The van der Waals surface area contributed by atoms with Gasteiger partial charge in [-0.1, -0.05) is 42.0 Å². The summed E-state index contributed by atoms with van der Waals surface area (Å²) >= 11 is 0. The highest BCUT2D eigenvalue weighted by Crippen LogP contribution is 2.23. The van der Waals surface area contributed by atoms with Gasteiger partial charge in [-0.3, -0.25) is 0 Å². The summed E-state index contributed by atoms with van der Waals surface area (Å²) in [7, 11) is 0. The van der Waals surface area contributed by atoms with Gasteiger partial charge in [0.15, 0.2) is 0 Å². The summed E-state index contributed by atoms with van der Waals surface area (Å²) < 4.78 is 5.53. The van der Waals surface area contributed by atoms with E-state index >= 15 is 0 Å². The Hall–Kier alpha value is -1.81. The van der Waals surface area contributed by atoms with Crippen LogP contribution in [0.25, 0.3) is 0 Å². The normalized spacial score (nSPS) is 18.5. The fraction of sp³-hybridized carbons (Fsp3) is 0.438. The lowest BCUT2D eigenvalue weighted by molar-refractivity contribution is 0.0119. The van der Waals surface area contributed by atoms with E-state index in [4.69, 9.17) is 4.74 Å². The van der Waals surface area contributed by atoms with Crippen LogP contribution in [0.1, 0.15) is 25.5 Å². The third-order valence-electron chi connectivity index (χ3n) is 3.34. The molecule has 4 nitrogen and oxygen atoms in total. The van der Waals surface area contributed by atoms with E-state index in [0.717, 1.165) is 5.56 Å². The van der Waals surface area contributed by atoms with Crippen molar-refractivity contribution in [2.75, 3.05) is 26.3 Å². The van der Waals surface area contributed by atoms with Crippen LogP contribution in [0.3, 0.4) is 0 Å². The predicted molar refractivity (Wildman–Crippen MR) is 79.5 cm³/mol. The van der Waals surface area contributed by atoms with Gasteiger partial charge in [0.25, 0.3) is 0 Å². The summed E-state index contributed by atoms with van der Waals surface area (Å²) in [4.78, 5) is 14.2. The van der Waals surface area contributed by atoms with Crippen LogP contribution in [0.5, 0.6) is 0 Å². The maximum absolute atomic E-state index is 12.3. The summed E-state index contributed by atoms with van der Waals surface area (Å²) in [5, 5.41) is 2.94. The Morgan fingerprint density at radius 3 is 2.85 bits per heavy atom. The van der Waals surface area contributed by atoms with Gasteiger partial charge in [0.1, 0.15) is 0 Å². The zero-order chi connectivity index (χ0) is 14.4. The minimum Gasteiger partial charge on any atom is -0.377 e. The first kappa shape index (κ1) is 14.6. The first-order valence-electron chi connectivity index (χ1n) is 6.99. The van der Waals surface area contributed by atoms with Gasteiger partial charge in [0, 0.05) is 13.1 Å². The molecule has 2 amide bonds. The van der Waals surface area contributed by atoms with Gasteiger partial charge in [-0.15, -0.1) is 0 Å². The average Bonchev–Trinajstić information content (AvgIpc) is 2.47. The van der Waals surface area contributed by atoms with E-state index in [1.54, 1.807) is 0 Å². The van der Waals surface area contributed by atoms with E-state index in [9.17, 15) is 4.79 Å². The zero-order valence-corrected chi connectivity index (χ0v) is 12.1. The monoisotopic (exact) mass is 274 g/mol. The molecule has 1 atom stereocenters. The molecule has 1 aromatic carbocycles. The van der Waals surface area contributed by atoms with Crippen molar-refractivity contribution in [2.24, 2.45) is 0 Å². The first-order chi connectivity index (χ1) is 9.68. The summed E-state index contributed by atoms with van der Waals surface area (Å²) in [5.41, 5.74) is 2.32. The van der Waals surface area contributed by atoms with Gasteiger partial charge in [-0.25, -0.2) is 4.79 Å². The molecule has 1 fully saturated rings. The Labute approximate surface area is 120 Å². The van der Waals surface area contributed by atoms with Crippen molar-refractivity contribution >= 4 is 6.03 Å². The van der Waals surface area contributed by atoms with Crippen LogP contribution in [0, 0.1) is 0 Å². The second-order valence-electron chi connectivity index (χ2n) is 5.16. The number of nitrogens with zero attached hydrogens (tertiary/aromatic N) is 1. The van der Waals surface area contributed by atoms with E-state index in [-0.39, 0.29) is 12.1 Å². The molecule has 1 aromatic rings. The van der Waals surface area contributed by atoms with E-state index in [1.807, 2.05) is 55.2 Å². The lowest BCUT2D eigenvalue weighted by Gasteiger charge is -2.35. The van der Waals surface area contributed by atoms with Gasteiger partial charge in [-0.2, -0.15) is 0 Å². The SMILES string of the molecule is CC(C)=CCNC(=O)N1CCOCC1c1ccccc1. The number of morpholine rings is 1.